The Balaban J connectivity index is 2.22. The van der Waals surface area contributed by atoms with Crippen LogP contribution < -0.4 is 0 Å². The fourth-order valence-electron chi connectivity index (χ4n) is 1.86. The maximum Gasteiger partial charge on any atom is 0.136 e. The van der Waals surface area contributed by atoms with Crippen LogP contribution in [0, 0.1) is 5.92 Å². The summed E-state index contributed by atoms with van der Waals surface area (Å²) in [6.07, 6.45) is 9.76. The fraction of sp³-hybridized carbons (Fsp3) is 0.769. The molecule has 1 rings (SSSR count). The van der Waals surface area contributed by atoms with Crippen LogP contribution in [0.15, 0.2) is 11.6 Å². The van der Waals surface area contributed by atoms with E-state index >= 15 is 0 Å². The molecule has 0 fully saturated rings. The lowest BCUT2D eigenvalue weighted by Crippen LogP contribution is -2.03. The molecule has 80 valence electrons. The normalized spacial score (nSPS) is 16.9. The average Bonchev–Trinajstić information content (AvgIpc) is 2.16. The van der Waals surface area contributed by atoms with Crippen molar-refractivity contribution in [3.05, 3.63) is 11.6 Å². The predicted molar refractivity (Wildman–Crippen MR) is 60.2 cm³/mol. The molecule has 0 aromatic heterocycles. The predicted octanol–water partition coefficient (Wildman–Crippen LogP) is 3.88. The first-order valence-corrected chi connectivity index (χ1v) is 5.88. The van der Waals surface area contributed by atoms with Gasteiger partial charge in [0.15, 0.2) is 0 Å². The van der Waals surface area contributed by atoms with E-state index in [4.69, 9.17) is 0 Å². The van der Waals surface area contributed by atoms with Crippen LogP contribution in [0.4, 0.5) is 0 Å². The molecule has 1 aliphatic carbocycles. The number of carbonyl (C=O) groups is 1. The van der Waals surface area contributed by atoms with Gasteiger partial charge in [-0.15, -0.1) is 0 Å². The molecule has 1 aliphatic rings. The summed E-state index contributed by atoms with van der Waals surface area (Å²) in [4.78, 5) is 11.6. The van der Waals surface area contributed by atoms with Crippen LogP contribution in [0.3, 0.4) is 0 Å². The summed E-state index contributed by atoms with van der Waals surface area (Å²) >= 11 is 0. The van der Waals surface area contributed by atoms with E-state index in [-0.39, 0.29) is 0 Å². The van der Waals surface area contributed by atoms with Gasteiger partial charge in [0.2, 0.25) is 0 Å². The van der Waals surface area contributed by atoms with Crippen LogP contribution in [0.25, 0.3) is 0 Å². The average molecular weight is 194 g/mol. The first-order valence-electron chi connectivity index (χ1n) is 5.88. The molecule has 1 heteroatoms. The zero-order valence-corrected chi connectivity index (χ0v) is 9.51. The second-order valence-electron chi connectivity index (χ2n) is 4.76. The van der Waals surface area contributed by atoms with Crippen LogP contribution >= 0.6 is 0 Å². The van der Waals surface area contributed by atoms with Crippen LogP contribution in [-0.4, -0.2) is 5.78 Å². The highest BCUT2D eigenvalue weighted by Crippen LogP contribution is 2.21. The maximum atomic E-state index is 11.6. The van der Waals surface area contributed by atoms with Crippen LogP contribution in [0.5, 0.6) is 0 Å². The second-order valence-corrected chi connectivity index (χ2v) is 4.76. The first-order chi connectivity index (χ1) is 6.68. The van der Waals surface area contributed by atoms with Gasteiger partial charge in [-0.05, 0) is 38.0 Å². The molecule has 0 saturated heterocycles. The molecule has 0 aromatic rings. The number of allylic oxidation sites excluding steroid dienone is 2. The summed E-state index contributed by atoms with van der Waals surface area (Å²) in [5.41, 5.74) is 1.39. The minimum atomic E-state index is 0.437. The Bertz CT molecular complexity index is 213. The molecule has 1 nitrogen and oxygen atoms in total. The Morgan fingerprint density at radius 3 is 2.79 bits per heavy atom. The Kier molecular flexibility index (Phi) is 4.92. The number of carbonyl (C=O) groups excluding carboxylic acids is 1. The largest absolute Gasteiger partial charge is 0.299 e. The molecular weight excluding hydrogens is 172 g/mol. The topological polar surface area (TPSA) is 17.1 Å². The molecular formula is C13H22O. The summed E-state index contributed by atoms with van der Waals surface area (Å²) in [6.45, 7) is 4.35. The molecule has 0 saturated carbocycles. The Labute approximate surface area is 87.6 Å². The number of ketones is 1. The van der Waals surface area contributed by atoms with E-state index in [2.05, 4.69) is 19.9 Å². The van der Waals surface area contributed by atoms with E-state index in [1.807, 2.05) is 0 Å². The Morgan fingerprint density at radius 2 is 2.21 bits per heavy atom. The minimum Gasteiger partial charge on any atom is -0.299 e. The molecule has 0 heterocycles. The monoisotopic (exact) mass is 194 g/mol. The highest BCUT2D eigenvalue weighted by atomic mass is 16.1. The third-order valence-corrected chi connectivity index (χ3v) is 2.81. The lowest BCUT2D eigenvalue weighted by atomic mass is 9.94. The van der Waals surface area contributed by atoms with E-state index in [0.717, 1.165) is 25.7 Å². The smallest absolute Gasteiger partial charge is 0.136 e. The summed E-state index contributed by atoms with van der Waals surface area (Å²) < 4.78 is 0. The standard InChI is InChI=1S/C13H22O/c1-11(2)8-9-13(14)10-12-6-4-3-5-7-12/h6,11H,3-5,7-10H2,1-2H3. The van der Waals surface area contributed by atoms with Crippen molar-refractivity contribution in [3.8, 4) is 0 Å². The van der Waals surface area contributed by atoms with Gasteiger partial charge in [-0.3, -0.25) is 4.79 Å². The van der Waals surface area contributed by atoms with E-state index in [1.165, 1.54) is 24.8 Å². The van der Waals surface area contributed by atoms with Crippen LogP contribution in [0.2, 0.25) is 0 Å². The highest BCUT2D eigenvalue weighted by Gasteiger charge is 2.09. The molecule has 0 atom stereocenters. The Morgan fingerprint density at radius 1 is 1.43 bits per heavy atom. The molecule has 14 heavy (non-hydrogen) atoms. The molecule has 0 unspecified atom stereocenters. The molecule has 0 aliphatic heterocycles. The van der Waals surface area contributed by atoms with Crippen molar-refractivity contribution in [3.63, 3.8) is 0 Å². The van der Waals surface area contributed by atoms with Crippen molar-refractivity contribution in [2.24, 2.45) is 5.92 Å². The van der Waals surface area contributed by atoms with Crippen molar-refractivity contribution in [1.82, 2.24) is 0 Å². The zero-order chi connectivity index (χ0) is 10.4. The number of hydrogen-bond donors (Lipinski definition) is 0. The maximum absolute atomic E-state index is 11.6. The molecule has 0 N–H and O–H groups in total. The van der Waals surface area contributed by atoms with Gasteiger partial charge in [0.1, 0.15) is 5.78 Å². The van der Waals surface area contributed by atoms with Gasteiger partial charge in [-0.25, -0.2) is 0 Å². The molecule has 0 amide bonds. The van der Waals surface area contributed by atoms with Crippen molar-refractivity contribution >= 4 is 5.78 Å². The summed E-state index contributed by atoms with van der Waals surface area (Å²) in [5.74, 6) is 1.09. The quantitative estimate of drug-likeness (QED) is 0.607. The number of hydrogen-bond acceptors (Lipinski definition) is 1. The summed E-state index contributed by atoms with van der Waals surface area (Å²) in [7, 11) is 0. The van der Waals surface area contributed by atoms with Crippen molar-refractivity contribution in [2.45, 2.75) is 58.8 Å². The number of Topliss-reactive ketones (excluding diaryl/α,β-unsaturated/α-hetero) is 1. The number of rotatable bonds is 5. The third kappa shape index (κ3) is 4.59. The van der Waals surface area contributed by atoms with Crippen molar-refractivity contribution in [1.29, 1.82) is 0 Å². The van der Waals surface area contributed by atoms with Gasteiger partial charge in [-0.1, -0.05) is 25.5 Å². The zero-order valence-electron chi connectivity index (χ0n) is 9.51. The third-order valence-electron chi connectivity index (χ3n) is 2.81. The van der Waals surface area contributed by atoms with Gasteiger partial charge in [-0.2, -0.15) is 0 Å². The first kappa shape index (κ1) is 11.5. The summed E-state index contributed by atoms with van der Waals surface area (Å²) in [6, 6.07) is 0. The van der Waals surface area contributed by atoms with E-state index in [1.54, 1.807) is 0 Å². The van der Waals surface area contributed by atoms with Gasteiger partial charge in [0, 0.05) is 12.8 Å². The van der Waals surface area contributed by atoms with Crippen LogP contribution in [-0.2, 0) is 4.79 Å². The molecule has 0 aromatic carbocycles. The fourth-order valence-corrected chi connectivity index (χ4v) is 1.86. The highest BCUT2D eigenvalue weighted by molar-refractivity contribution is 5.80. The second kappa shape index (κ2) is 6.00. The SMILES string of the molecule is CC(C)CCC(=O)CC1=CCCCC1. The van der Waals surface area contributed by atoms with Gasteiger partial charge in [0.05, 0.1) is 0 Å². The van der Waals surface area contributed by atoms with Crippen LogP contribution in [0.1, 0.15) is 58.8 Å². The van der Waals surface area contributed by atoms with Crippen molar-refractivity contribution in [2.75, 3.05) is 0 Å². The van der Waals surface area contributed by atoms with Crippen molar-refractivity contribution < 1.29 is 4.79 Å². The Hall–Kier alpha value is -0.590. The minimum absolute atomic E-state index is 0.437. The molecule has 0 radical (unpaired) electrons. The summed E-state index contributed by atoms with van der Waals surface area (Å²) in [5, 5.41) is 0. The van der Waals surface area contributed by atoms with E-state index in [9.17, 15) is 4.79 Å². The van der Waals surface area contributed by atoms with Gasteiger partial charge in [0.25, 0.3) is 0 Å². The van der Waals surface area contributed by atoms with E-state index in [0.29, 0.717) is 11.7 Å². The van der Waals surface area contributed by atoms with Gasteiger partial charge >= 0.3 is 0 Å². The lowest BCUT2D eigenvalue weighted by Gasteiger charge is -2.12. The lowest BCUT2D eigenvalue weighted by molar-refractivity contribution is -0.118. The van der Waals surface area contributed by atoms with Gasteiger partial charge < -0.3 is 0 Å². The molecule has 0 bridgehead atoms. The molecule has 0 spiro atoms. The van der Waals surface area contributed by atoms with E-state index < -0.39 is 0 Å².